The number of pyridine rings is 1. The number of Topliss-reactive ketones (excluding diaryl/α,β-unsaturated/α-hetero) is 1. The molecule has 134 valence electrons. The maximum atomic E-state index is 12.7. The lowest BCUT2D eigenvalue weighted by Crippen LogP contribution is -2.33. The molecule has 0 spiro atoms. The summed E-state index contributed by atoms with van der Waals surface area (Å²) in [6, 6.07) is 20.3. The van der Waals surface area contributed by atoms with Gasteiger partial charge in [0.15, 0.2) is 24.7 Å². The molecule has 0 saturated heterocycles. The van der Waals surface area contributed by atoms with Gasteiger partial charge in [-0.2, -0.15) is 0 Å². The first kappa shape index (κ1) is 17.2. The van der Waals surface area contributed by atoms with Gasteiger partial charge in [0.05, 0.1) is 17.4 Å². The van der Waals surface area contributed by atoms with Crippen LogP contribution in [0.2, 0.25) is 0 Å². The summed E-state index contributed by atoms with van der Waals surface area (Å²) in [6.07, 6.45) is 6.33. The Bertz CT molecular complexity index is 1110. The monoisotopic (exact) mass is 355 g/mol. The molecule has 0 aliphatic carbocycles. The number of hydrogen-bond acceptors (Lipinski definition) is 1. The number of carbonyl (C=O) groups excluding carboxylic acids is 1. The second-order valence-electron chi connectivity index (χ2n) is 7.13. The van der Waals surface area contributed by atoms with Gasteiger partial charge in [-0.1, -0.05) is 54.1 Å². The van der Waals surface area contributed by atoms with Crippen LogP contribution in [0.1, 0.15) is 27.0 Å². The first-order valence-corrected chi connectivity index (χ1v) is 9.22. The van der Waals surface area contributed by atoms with Crippen molar-refractivity contribution in [3.63, 3.8) is 0 Å². The van der Waals surface area contributed by atoms with E-state index in [4.69, 9.17) is 0 Å². The van der Waals surface area contributed by atoms with Gasteiger partial charge in [-0.15, -0.1) is 0 Å². The molecule has 2 aromatic heterocycles. The lowest BCUT2D eigenvalue weighted by Gasteiger charge is -2.05. The van der Waals surface area contributed by atoms with Gasteiger partial charge in [-0.3, -0.25) is 4.79 Å². The molecule has 2 heterocycles. The fourth-order valence-corrected chi connectivity index (χ4v) is 3.55. The zero-order valence-corrected chi connectivity index (χ0v) is 15.7. The van der Waals surface area contributed by atoms with Crippen LogP contribution in [0.15, 0.2) is 79.3 Å². The first-order valence-electron chi connectivity index (χ1n) is 9.22. The minimum absolute atomic E-state index is 0.136. The number of benzene rings is 2. The van der Waals surface area contributed by atoms with Crippen LogP contribution >= 0.6 is 0 Å². The number of nitrogens with zero attached hydrogens (tertiary/aromatic N) is 2. The summed E-state index contributed by atoms with van der Waals surface area (Å²) in [4.78, 5) is 12.7. The number of fused-ring (bicyclic) bond motifs is 1. The van der Waals surface area contributed by atoms with Crippen LogP contribution in [0, 0.1) is 13.8 Å². The van der Waals surface area contributed by atoms with Crippen molar-refractivity contribution in [1.82, 2.24) is 4.57 Å². The molecule has 0 aliphatic heterocycles. The van der Waals surface area contributed by atoms with E-state index in [1.54, 1.807) is 0 Å². The molecule has 0 fully saturated rings. The average molecular weight is 355 g/mol. The van der Waals surface area contributed by atoms with Gasteiger partial charge in [0, 0.05) is 23.4 Å². The fraction of sp³-hybridized carbons (Fsp3) is 0.167. The highest BCUT2D eigenvalue weighted by Gasteiger charge is 2.14. The van der Waals surface area contributed by atoms with Gasteiger partial charge in [0.1, 0.15) is 0 Å². The van der Waals surface area contributed by atoms with Crippen LogP contribution < -0.4 is 4.57 Å². The maximum Gasteiger partial charge on any atom is 0.182 e. The Morgan fingerprint density at radius 1 is 1.00 bits per heavy atom. The van der Waals surface area contributed by atoms with Crippen LogP contribution in [0.4, 0.5) is 0 Å². The van der Waals surface area contributed by atoms with Gasteiger partial charge in [-0.05, 0) is 25.5 Å². The Morgan fingerprint density at radius 3 is 2.59 bits per heavy atom. The molecule has 4 aromatic rings. The van der Waals surface area contributed by atoms with Gasteiger partial charge in [0.2, 0.25) is 0 Å². The molecule has 0 amide bonds. The number of aromatic nitrogens is 2. The fourth-order valence-electron chi connectivity index (χ4n) is 3.55. The summed E-state index contributed by atoms with van der Waals surface area (Å²) in [7, 11) is 0. The molecule has 3 heteroatoms. The molecule has 0 bridgehead atoms. The van der Waals surface area contributed by atoms with Gasteiger partial charge < -0.3 is 4.57 Å². The van der Waals surface area contributed by atoms with Crippen molar-refractivity contribution >= 4 is 16.7 Å². The van der Waals surface area contributed by atoms with E-state index in [0.717, 1.165) is 23.2 Å². The normalized spacial score (nSPS) is 11.0. The zero-order valence-electron chi connectivity index (χ0n) is 15.7. The van der Waals surface area contributed by atoms with Gasteiger partial charge in [0.25, 0.3) is 0 Å². The topological polar surface area (TPSA) is 25.9 Å². The summed E-state index contributed by atoms with van der Waals surface area (Å²) < 4.78 is 4.25. The molecule has 0 N–H and O–H groups in total. The molecule has 0 radical (unpaired) electrons. The number of carbonyl (C=O) groups is 1. The Kier molecular flexibility index (Phi) is 4.59. The molecule has 2 aromatic carbocycles. The Morgan fingerprint density at radius 2 is 1.81 bits per heavy atom. The Balaban J connectivity index is 1.62. The third-order valence-corrected chi connectivity index (χ3v) is 4.94. The molecular weight excluding hydrogens is 332 g/mol. The minimum atomic E-state index is 0.136. The zero-order chi connectivity index (χ0) is 18.8. The largest absolute Gasteiger partial charge is 0.339 e. The van der Waals surface area contributed by atoms with Crippen molar-refractivity contribution in [2.75, 3.05) is 0 Å². The van der Waals surface area contributed by atoms with E-state index in [-0.39, 0.29) is 5.78 Å². The van der Waals surface area contributed by atoms with Crippen molar-refractivity contribution in [3.8, 4) is 0 Å². The smallest absolute Gasteiger partial charge is 0.182 e. The molecule has 0 unspecified atom stereocenters. The summed E-state index contributed by atoms with van der Waals surface area (Å²) >= 11 is 0. The van der Waals surface area contributed by atoms with Crippen molar-refractivity contribution in [3.05, 3.63) is 102 Å². The quantitative estimate of drug-likeness (QED) is 0.383. The van der Waals surface area contributed by atoms with Crippen molar-refractivity contribution in [1.29, 1.82) is 0 Å². The van der Waals surface area contributed by atoms with Crippen LogP contribution in [0.5, 0.6) is 0 Å². The molecule has 3 nitrogen and oxygen atoms in total. The molecule has 0 atom stereocenters. The maximum absolute atomic E-state index is 12.7. The van der Waals surface area contributed by atoms with Crippen molar-refractivity contribution in [2.24, 2.45) is 0 Å². The molecular formula is C24H23N2O+. The van der Waals surface area contributed by atoms with Gasteiger partial charge >= 0.3 is 0 Å². The number of rotatable bonds is 5. The highest BCUT2D eigenvalue weighted by atomic mass is 16.1. The summed E-state index contributed by atoms with van der Waals surface area (Å²) in [5.74, 6) is 0.136. The van der Waals surface area contributed by atoms with E-state index >= 15 is 0 Å². The first-order chi connectivity index (χ1) is 13.1. The third-order valence-electron chi connectivity index (χ3n) is 4.94. The van der Waals surface area contributed by atoms with Crippen LogP contribution in [0.25, 0.3) is 10.9 Å². The highest BCUT2D eigenvalue weighted by molar-refractivity contribution is 5.97. The van der Waals surface area contributed by atoms with Crippen LogP contribution in [-0.4, -0.2) is 10.4 Å². The second-order valence-corrected chi connectivity index (χ2v) is 7.13. The SMILES string of the molecule is Cc1cccc(C(=O)Cn2cc(C)c3c[n+](Cc4ccccc4)ccc32)c1. The summed E-state index contributed by atoms with van der Waals surface area (Å²) in [5, 5.41) is 1.19. The van der Waals surface area contributed by atoms with E-state index in [1.165, 1.54) is 16.5 Å². The molecule has 0 aliphatic rings. The second kappa shape index (κ2) is 7.20. The Hall–Kier alpha value is -3.20. The van der Waals surface area contributed by atoms with E-state index in [2.05, 4.69) is 65.0 Å². The van der Waals surface area contributed by atoms with E-state index in [0.29, 0.717) is 6.54 Å². The minimum Gasteiger partial charge on any atom is -0.339 e. The summed E-state index contributed by atoms with van der Waals surface area (Å²) in [6.45, 7) is 5.31. The standard InChI is InChI=1S/C24H23N2O/c1-18-7-6-10-21(13-18)24(27)17-26-14-19(2)22-16-25(12-11-23(22)26)15-20-8-4-3-5-9-20/h3-14,16H,15,17H2,1-2H3/q+1. The van der Waals surface area contributed by atoms with Gasteiger partial charge in [-0.25, -0.2) is 4.57 Å². The van der Waals surface area contributed by atoms with Crippen LogP contribution in [-0.2, 0) is 13.1 Å². The highest BCUT2D eigenvalue weighted by Crippen LogP contribution is 2.20. The van der Waals surface area contributed by atoms with E-state index < -0.39 is 0 Å². The number of hydrogen-bond donors (Lipinski definition) is 0. The lowest BCUT2D eigenvalue weighted by atomic mass is 10.1. The van der Waals surface area contributed by atoms with Crippen molar-refractivity contribution in [2.45, 2.75) is 26.9 Å². The number of aryl methyl sites for hydroxylation is 2. The van der Waals surface area contributed by atoms with Crippen molar-refractivity contribution < 1.29 is 9.36 Å². The molecule has 27 heavy (non-hydrogen) atoms. The predicted molar refractivity (Wildman–Crippen MR) is 108 cm³/mol. The predicted octanol–water partition coefficient (Wildman–Crippen LogP) is 4.48. The Labute approximate surface area is 159 Å². The molecule has 4 rings (SSSR count). The molecule has 0 saturated carbocycles. The van der Waals surface area contributed by atoms with Crippen LogP contribution in [0.3, 0.4) is 0 Å². The number of ketones is 1. The third kappa shape index (κ3) is 3.68. The van der Waals surface area contributed by atoms with E-state index in [1.807, 2.05) is 37.3 Å². The average Bonchev–Trinajstić information content (AvgIpc) is 2.98. The summed E-state index contributed by atoms with van der Waals surface area (Å²) in [5.41, 5.74) is 5.43. The van der Waals surface area contributed by atoms with E-state index in [9.17, 15) is 4.79 Å². The lowest BCUT2D eigenvalue weighted by molar-refractivity contribution is -0.687.